The first-order valence-electron chi connectivity index (χ1n) is 6.89. The number of amidine groups is 1. The van der Waals surface area contributed by atoms with E-state index in [1.54, 1.807) is 6.20 Å². The Morgan fingerprint density at radius 2 is 1.86 bits per heavy atom. The fraction of sp³-hybridized carbons (Fsp3) is 0.500. The predicted octanol–water partition coefficient (Wildman–Crippen LogP) is 2.74. The fourth-order valence-corrected chi connectivity index (χ4v) is 2.37. The monoisotopic (exact) mass is 375 g/mol. The topological polar surface area (TPSA) is 40.9 Å². The van der Waals surface area contributed by atoms with Crippen LogP contribution in [0.25, 0.3) is 0 Å². The summed E-state index contributed by atoms with van der Waals surface area (Å²) in [4.78, 5) is 6.50. The Balaban J connectivity index is 0.00000106. The van der Waals surface area contributed by atoms with Crippen molar-refractivity contribution >= 4 is 33.6 Å². The molecule has 119 valence electrons. The minimum atomic E-state index is 0.817. The molecular weight excluding hydrogens is 355 g/mol. The molecule has 1 saturated heterocycles. The van der Waals surface area contributed by atoms with Crippen molar-refractivity contribution in [3.63, 3.8) is 0 Å². The second-order valence-electron chi connectivity index (χ2n) is 4.73. The van der Waals surface area contributed by atoms with Gasteiger partial charge in [0.25, 0.3) is 0 Å². The molecule has 0 N–H and O–H groups in total. The van der Waals surface area contributed by atoms with Crippen molar-refractivity contribution in [1.29, 1.82) is 0 Å². The van der Waals surface area contributed by atoms with E-state index in [2.05, 4.69) is 57.9 Å². The predicted molar refractivity (Wildman–Crippen MR) is 89.9 cm³/mol. The van der Waals surface area contributed by atoms with E-state index in [4.69, 9.17) is 0 Å². The fourth-order valence-electron chi connectivity index (χ4n) is 2.10. The number of hydrogen-bond acceptors (Lipinski definition) is 3. The third-order valence-electron chi connectivity index (χ3n) is 3.24. The minimum absolute atomic E-state index is 0.817. The summed E-state index contributed by atoms with van der Waals surface area (Å²) in [7, 11) is 4.20. The van der Waals surface area contributed by atoms with Crippen molar-refractivity contribution in [2.24, 2.45) is 10.2 Å². The van der Waals surface area contributed by atoms with E-state index in [0.717, 1.165) is 29.7 Å². The van der Waals surface area contributed by atoms with Crippen LogP contribution < -0.4 is 0 Å². The van der Waals surface area contributed by atoms with Crippen LogP contribution in [-0.4, -0.2) is 33.9 Å². The molecule has 0 bridgehead atoms. The molecule has 4 nitrogen and oxygen atoms in total. The number of hydrogen-bond donors (Lipinski definition) is 0. The summed E-state index contributed by atoms with van der Waals surface area (Å²) in [5.74, 6) is 0. The Hall–Kier alpha value is -0.551. The van der Waals surface area contributed by atoms with Gasteiger partial charge >= 0.3 is 30.4 Å². The number of nitrogens with zero attached hydrogens (tertiary/aromatic N) is 4. The molecule has 0 aliphatic carbocycles. The van der Waals surface area contributed by atoms with Gasteiger partial charge in [0.05, 0.1) is 11.4 Å². The standard InChI is InChI=1S/C14H20N4S.ClH.Cu/c1-12(13-8-4-5-9-15-13)16-17-14(19)18-10-6-2-3-7-11-18;;/h4-5,8-9H,2-3,6-7,10-11H2,1H3,(H,17,19);1H;/q;;+2. The van der Waals surface area contributed by atoms with Crippen molar-refractivity contribution < 1.29 is 15.1 Å². The van der Waals surface area contributed by atoms with Gasteiger partial charge in [0.15, 0.2) is 0 Å². The normalized spacial score (nSPS) is 16.9. The van der Waals surface area contributed by atoms with Gasteiger partial charge in [0, 0.05) is 31.9 Å². The van der Waals surface area contributed by atoms with Crippen molar-refractivity contribution in [1.82, 2.24) is 9.88 Å². The van der Waals surface area contributed by atoms with Gasteiger partial charge < -0.3 is 4.90 Å². The maximum atomic E-state index is 4.27. The summed E-state index contributed by atoms with van der Waals surface area (Å²) in [6.07, 6.45) is 6.85. The Labute approximate surface area is 144 Å². The quantitative estimate of drug-likeness (QED) is 0.262. The number of aromatic nitrogens is 1. The third kappa shape index (κ3) is 6.83. The first kappa shape index (κ1) is 18.5. The average molecular weight is 376 g/mol. The summed E-state index contributed by atoms with van der Waals surface area (Å²) >= 11 is 7.24. The molecule has 21 heavy (non-hydrogen) atoms. The average Bonchev–Trinajstić information content (AvgIpc) is 2.84. The zero-order valence-corrected chi connectivity index (χ0v) is 14.7. The van der Waals surface area contributed by atoms with Crippen molar-refractivity contribution in [3.05, 3.63) is 30.1 Å². The molecule has 1 aliphatic heterocycles. The van der Waals surface area contributed by atoms with E-state index in [-0.39, 0.29) is 0 Å². The molecule has 1 aliphatic rings. The van der Waals surface area contributed by atoms with Crippen LogP contribution in [0.2, 0.25) is 0 Å². The van der Waals surface area contributed by atoms with Crippen molar-refractivity contribution in [3.8, 4) is 0 Å². The van der Waals surface area contributed by atoms with E-state index in [1.165, 1.54) is 25.7 Å². The Kier molecular flexibility index (Phi) is 9.76. The van der Waals surface area contributed by atoms with Gasteiger partial charge in [-0.1, -0.05) is 24.0 Å². The van der Waals surface area contributed by atoms with Gasteiger partial charge in [0.1, 0.15) is 0 Å². The van der Waals surface area contributed by atoms with Crippen molar-refractivity contribution in [2.75, 3.05) is 13.1 Å². The Morgan fingerprint density at radius 3 is 2.43 bits per heavy atom. The summed E-state index contributed by atoms with van der Waals surface area (Å²) < 4.78 is 0. The second kappa shape index (κ2) is 11.1. The van der Waals surface area contributed by atoms with E-state index < -0.39 is 0 Å². The van der Waals surface area contributed by atoms with Crippen LogP contribution >= 0.6 is 10.1 Å². The summed E-state index contributed by atoms with van der Waals surface area (Å²) in [6.45, 7) is 4.04. The summed E-state index contributed by atoms with van der Waals surface area (Å²) in [6, 6.07) is 5.79. The molecule has 0 saturated carbocycles. The van der Waals surface area contributed by atoms with E-state index in [9.17, 15) is 0 Å². The number of likely N-dealkylation sites (tertiary alicyclic amines) is 1. The van der Waals surface area contributed by atoms with Crippen LogP contribution in [0.15, 0.2) is 34.6 Å². The Bertz CT molecular complexity index is 459. The molecule has 1 fully saturated rings. The zero-order chi connectivity index (χ0) is 15.5. The van der Waals surface area contributed by atoms with E-state index in [1.807, 2.05) is 25.1 Å². The van der Waals surface area contributed by atoms with Crippen LogP contribution in [0.5, 0.6) is 0 Å². The number of halogens is 1. The third-order valence-corrected chi connectivity index (χ3v) is 3.65. The zero-order valence-electron chi connectivity index (χ0n) is 12.0. The summed E-state index contributed by atoms with van der Waals surface area (Å²) in [5, 5.41) is 9.34. The van der Waals surface area contributed by atoms with Crippen LogP contribution in [0.4, 0.5) is 0 Å². The molecule has 2 rings (SSSR count). The van der Waals surface area contributed by atoms with Crippen LogP contribution in [-0.2, 0) is 27.7 Å². The Morgan fingerprint density at radius 1 is 1.19 bits per heavy atom. The SMILES string of the molecule is CC(=NN=C([SH2+])N1CCCCCC1)c1ccccn1.[Cl][Cu+]. The molecule has 0 spiro atoms. The number of rotatable bonds is 2. The van der Waals surface area contributed by atoms with Gasteiger partial charge in [-0.05, 0) is 31.9 Å². The molecule has 1 aromatic rings. The van der Waals surface area contributed by atoms with E-state index >= 15 is 0 Å². The van der Waals surface area contributed by atoms with Gasteiger partial charge in [-0.2, -0.15) is 0 Å². The van der Waals surface area contributed by atoms with Crippen LogP contribution in [0.3, 0.4) is 0 Å². The van der Waals surface area contributed by atoms with E-state index in [0.29, 0.717) is 0 Å². The molecule has 2 heterocycles. The maximum absolute atomic E-state index is 4.27. The molecular formula is C14H21ClCuN4S+2. The summed E-state index contributed by atoms with van der Waals surface area (Å²) in [5.41, 5.74) is 1.69. The van der Waals surface area contributed by atoms with Gasteiger partial charge in [-0.3, -0.25) is 4.98 Å². The van der Waals surface area contributed by atoms with Gasteiger partial charge in [0.2, 0.25) is 0 Å². The second-order valence-corrected chi connectivity index (χ2v) is 5.17. The van der Waals surface area contributed by atoms with Gasteiger partial charge in [-0.15, -0.1) is 5.10 Å². The van der Waals surface area contributed by atoms with Crippen LogP contribution in [0, 0.1) is 0 Å². The number of pyridine rings is 1. The molecule has 0 unspecified atom stereocenters. The molecule has 0 amide bonds. The molecule has 0 atom stereocenters. The first-order valence-corrected chi connectivity index (χ1v) is 8.68. The van der Waals surface area contributed by atoms with Crippen LogP contribution in [0.1, 0.15) is 38.3 Å². The molecule has 7 heteroatoms. The van der Waals surface area contributed by atoms with Gasteiger partial charge in [-0.25, -0.2) is 0 Å². The molecule has 0 radical (unpaired) electrons. The van der Waals surface area contributed by atoms with Crippen molar-refractivity contribution in [2.45, 2.75) is 32.6 Å². The molecule has 0 aromatic carbocycles. The first-order chi connectivity index (χ1) is 10.3. The molecule has 1 aromatic heterocycles.